The molecule has 0 saturated carbocycles. The Hall–Kier alpha value is -2.15. The highest BCUT2D eigenvalue weighted by molar-refractivity contribution is 9.10. The molecule has 3 rings (SSSR count). The lowest BCUT2D eigenvalue weighted by Crippen LogP contribution is -2.32. The second kappa shape index (κ2) is 7.61. The molecule has 1 aliphatic heterocycles. The van der Waals surface area contributed by atoms with E-state index < -0.39 is 17.7 Å². The highest BCUT2D eigenvalue weighted by Gasteiger charge is 2.45. The lowest BCUT2D eigenvalue weighted by atomic mass is 9.95. The quantitative estimate of drug-likeness (QED) is 0.437. The van der Waals surface area contributed by atoms with Crippen LogP contribution in [0.25, 0.3) is 5.76 Å². The molecule has 0 radical (unpaired) electrons. The summed E-state index contributed by atoms with van der Waals surface area (Å²) in [7, 11) is 0. The van der Waals surface area contributed by atoms with Crippen molar-refractivity contribution < 1.29 is 19.8 Å². The summed E-state index contributed by atoms with van der Waals surface area (Å²) < 4.78 is 0.845. The van der Waals surface area contributed by atoms with Crippen molar-refractivity contribution in [2.24, 2.45) is 0 Å². The van der Waals surface area contributed by atoms with Crippen LogP contribution in [0.3, 0.4) is 0 Å². The maximum absolute atomic E-state index is 12.6. The fraction of sp³-hybridized carbons (Fsp3) is 0.158. The zero-order chi connectivity index (χ0) is 18.8. The highest BCUT2D eigenvalue weighted by Crippen LogP contribution is 2.39. The van der Waals surface area contributed by atoms with Gasteiger partial charge in [0.25, 0.3) is 11.7 Å². The van der Waals surface area contributed by atoms with E-state index in [2.05, 4.69) is 15.9 Å². The van der Waals surface area contributed by atoms with Crippen molar-refractivity contribution in [2.45, 2.75) is 6.04 Å². The van der Waals surface area contributed by atoms with Crippen LogP contribution >= 0.6 is 27.5 Å². The third-order valence-electron chi connectivity index (χ3n) is 4.18. The second-order valence-electron chi connectivity index (χ2n) is 5.77. The minimum absolute atomic E-state index is 0.00639. The van der Waals surface area contributed by atoms with Gasteiger partial charge in [-0.3, -0.25) is 9.59 Å². The number of hydrogen-bond donors (Lipinski definition) is 2. The van der Waals surface area contributed by atoms with Crippen LogP contribution in [-0.4, -0.2) is 40.0 Å². The van der Waals surface area contributed by atoms with Crippen molar-refractivity contribution in [3.05, 3.63) is 74.7 Å². The first-order valence-electron chi connectivity index (χ1n) is 7.84. The smallest absolute Gasteiger partial charge is 0.295 e. The minimum atomic E-state index is -0.779. The molecule has 134 valence electrons. The summed E-state index contributed by atoms with van der Waals surface area (Å²) in [5.41, 5.74) is 1.04. The predicted molar refractivity (Wildman–Crippen MR) is 102 cm³/mol. The van der Waals surface area contributed by atoms with E-state index in [1.807, 2.05) is 0 Å². The van der Waals surface area contributed by atoms with E-state index in [-0.39, 0.29) is 24.5 Å². The fourth-order valence-electron chi connectivity index (χ4n) is 2.97. The molecular weight excluding hydrogens is 422 g/mol. The SMILES string of the molecule is O=C1C(=O)N(CCO)[C@H](c2ccc(Br)cc2)C1=C(O)c1ccc(Cl)cc1. The van der Waals surface area contributed by atoms with Crippen LogP contribution in [0.4, 0.5) is 0 Å². The van der Waals surface area contributed by atoms with Gasteiger partial charge >= 0.3 is 0 Å². The molecule has 0 bridgehead atoms. The van der Waals surface area contributed by atoms with Gasteiger partial charge in [0.2, 0.25) is 0 Å². The molecule has 7 heteroatoms. The number of hydrogen-bond acceptors (Lipinski definition) is 4. The largest absolute Gasteiger partial charge is 0.507 e. The topological polar surface area (TPSA) is 77.8 Å². The summed E-state index contributed by atoms with van der Waals surface area (Å²) in [5.74, 6) is -1.80. The van der Waals surface area contributed by atoms with Gasteiger partial charge < -0.3 is 15.1 Å². The normalized spacial score (nSPS) is 19.2. The van der Waals surface area contributed by atoms with E-state index in [4.69, 9.17) is 11.6 Å². The molecule has 0 aliphatic carbocycles. The average Bonchev–Trinajstić information content (AvgIpc) is 2.88. The number of rotatable bonds is 4. The Kier molecular flexibility index (Phi) is 5.46. The molecule has 1 heterocycles. The molecule has 0 spiro atoms. The Labute approximate surface area is 163 Å². The van der Waals surface area contributed by atoms with Gasteiger partial charge in [0, 0.05) is 21.6 Å². The fourth-order valence-corrected chi connectivity index (χ4v) is 3.36. The van der Waals surface area contributed by atoms with E-state index in [9.17, 15) is 19.8 Å². The molecule has 0 aromatic heterocycles. The third-order valence-corrected chi connectivity index (χ3v) is 4.96. The first-order valence-corrected chi connectivity index (χ1v) is 9.02. The summed E-state index contributed by atoms with van der Waals surface area (Å²) >= 11 is 9.22. The van der Waals surface area contributed by atoms with Crippen LogP contribution in [0.2, 0.25) is 5.02 Å². The Morgan fingerprint density at radius 3 is 2.27 bits per heavy atom. The van der Waals surface area contributed by atoms with Crippen LogP contribution in [0, 0.1) is 0 Å². The van der Waals surface area contributed by atoms with E-state index in [1.54, 1.807) is 48.5 Å². The van der Waals surface area contributed by atoms with Crippen molar-refractivity contribution in [1.82, 2.24) is 4.90 Å². The standard InChI is InChI=1S/C19H15BrClNO4/c20-13-5-1-11(2-6-13)16-15(18(25)19(26)22(16)9-10-23)17(24)12-3-7-14(21)8-4-12/h1-8,16,23-24H,9-10H2/t16-/m1/s1. The van der Waals surface area contributed by atoms with E-state index in [0.29, 0.717) is 16.1 Å². The second-order valence-corrected chi connectivity index (χ2v) is 7.13. The molecular formula is C19H15BrClNO4. The molecule has 1 atom stereocenters. The van der Waals surface area contributed by atoms with E-state index >= 15 is 0 Å². The molecule has 2 aromatic rings. The first kappa shape index (κ1) is 18.6. The van der Waals surface area contributed by atoms with Gasteiger partial charge in [-0.15, -0.1) is 0 Å². The van der Waals surface area contributed by atoms with Gasteiger partial charge in [0.1, 0.15) is 5.76 Å². The number of carbonyl (C=O) groups is 2. The maximum atomic E-state index is 12.6. The maximum Gasteiger partial charge on any atom is 0.295 e. The van der Waals surface area contributed by atoms with Gasteiger partial charge in [0.15, 0.2) is 0 Å². The number of amides is 1. The average molecular weight is 437 g/mol. The molecule has 1 saturated heterocycles. The molecule has 5 nitrogen and oxygen atoms in total. The molecule has 1 fully saturated rings. The Bertz CT molecular complexity index is 877. The van der Waals surface area contributed by atoms with Crippen LogP contribution in [0.1, 0.15) is 17.2 Å². The molecule has 0 unspecified atom stereocenters. The highest BCUT2D eigenvalue weighted by atomic mass is 79.9. The van der Waals surface area contributed by atoms with E-state index in [1.165, 1.54) is 4.90 Å². The van der Waals surface area contributed by atoms with Crippen LogP contribution in [-0.2, 0) is 9.59 Å². The van der Waals surface area contributed by atoms with Crippen LogP contribution in [0.5, 0.6) is 0 Å². The van der Waals surface area contributed by atoms with Crippen molar-refractivity contribution in [3.8, 4) is 0 Å². The number of nitrogens with zero attached hydrogens (tertiary/aromatic N) is 1. The number of Topliss-reactive ketones (excluding diaryl/α,β-unsaturated/α-hetero) is 1. The van der Waals surface area contributed by atoms with Crippen LogP contribution < -0.4 is 0 Å². The lowest BCUT2D eigenvalue weighted by molar-refractivity contribution is -0.140. The number of likely N-dealkylation sites (tertiary alicyclic amines) is 1. The number of aliphatic hydroxyl groups excluding tert-OH is 2. The summed E-state index contributed by atoms with van der Waals surface area (Å²) in [4.78, 5) is 26.3. The monoisotopic (exact) mass is 435 g/mol. The number of ketones is 1. The summed E-state index contributed by atoms with van der Waals surface area (Å²) in [6.07, 6.45) is 0. The van der Waals surface area contributed by atoms with Crippen molar-refractivity contribution in [2.75, 3.05) is 13.2 Å². The van der Waals surface area contributed by atoms with Crippen LogP contribution in [0.15, 0.2) is 58.6 Å². The third kappa shape index (κ3) is 3.40. The number of aliphatic hydroxyl groups is 2. The van der Waals surface area contributed by atoms with Gasteiger partial charge in [-0.05, 0) is 42.0 Å². The number of carbonyl (C=O) groups excluding carboxylic acids is 2. The van der Waals surface area contributed by atoms with Gasteiger partial charge in [-0.2, -0.15) is 0 Å². The number of benzene rings is 2. The number of halogens is 2. The molecule has 1 aliphatic rings. The van der Waals surface area contributed by atoms with Crippen molar-refractivity contribution in [1.29, 1.82) is 0 Å². The van der Waals surface area contributed by atoms with Gasteiger partial charge in [0.05, 0.1) is 18.2 Å². The Morgan fingerprint density at radius 1 is 1.08 bits per heavy atom. The van der Waals surface area contributed by atoms with Crippen molar-refractivity contribution in [3.63, 3.8) is 0 Å². The van der Waals surface area contributed by atoms with E-state index in [0.717, 1.165) is 4.47 Å². The molecule has 2 N–H and O–H groups in total. The lowest BCUT2D eigenvalue weighted by Gasteiger charge is -2.24. The molecule has 2 aromatic carbocycles. The first-order chi connectivity index (χ1) is 12.4. The Morgan fingerprint density at radius 2 is 1.69 bits per heavy atom. The summed E-state index contributed by atoms with van der Waals surface area (Å²) in [6.45, 7) is -0.302. The molecule has 26 heavy (non-hydrogen) atoms. The zero-order valence-corrected chi connectivity index (χ0v) is 15.9. The minimum Gasteiger partial charge on any atom is -0.507 e. The van der Waals surface area contributed by atoms with Crippen molar-refractivity contribution >= 4 is 45.0 Å². The number of β-amino-alcohol motifs (C(OH)–C–C–N with tert-alkyl or cyclic N) is 1. The van der Waals surface area contributed by atoms with Gasteiger partial charge in [-0.1, -0.05) is 39.7 Å². The summed E-state index contributed by atoms with van der Waals surface area (Å²) in [5, 5.41) is 20.5. The molecule has 1 amide bonds. The zero-order valence-electron chi connectivity index (χ0n) is 13.5. The Balaban J connectivity index is 2.17. The summed E-state index contributed by atoms with van der Waals surface area (Å²) in [6, 6.07) is 12.7. The van der Waals surface area contributed by atoms with Gasteiger partial charge in [-0.25, -0.2) is 0 Å². The predicted octanol–water partition coefficient (Wildman–Crippen LogP) is 3.52.